The van der Waals surface area contributed by atoms with Crippen molar-refractivity contribution in [2.75, 3.05) is 22.2 Å². The zero-order valence-corrected chi connectivity index (χ0v) is 17.9. The van der Waals surface area contributed by atoms with Crippen LogP contribution in [0.5, 0.6) is 0 Å². The molecule has 11 heteroatoms. The lowest BCUT2D eigenvalue weighted by molar-refractivity contribution is -0.116. The van der Waals surface area contributed by atoms with Crippen molar-refractivity contribution < 1.29 is 13.2 Å². The van der Waals surface area contributed by atoms with Crippen LogP contribution in [0.3, 0.4) is 0 Å². The fourth-order valence-electron chi connectivity index (χ4n) is 3.27. The normalized spacial score (nSPS) is 18.0. The summed E-state index contributed by atoms with van der Waals surface area (Å²) in [6, 6.07) is 12.8. The summed E-state index contributed by atoms with van der Waals surface area (Å²) < 4.78 is 25.6. The van der Waals surface area contributed by atoms with Crippen molar-refractivity contribution in [3.63, 3.8) is 0 Å². The first-order valence-corrected chi connectivity index (χ1v) is 12.7. The number of anilines is 1. The lowest BCUT2D eigenvalue weighted by Gasteiger charge is -2.28. The minimum Gasteiger partial charge on any atom is -0.308 e. The van der Waals surface area contributed by atoms with Gasteiger partial charge >= 0.3 is 0 Å². The molecule has 0 saturated carbocycles. The average molecular weight is 450 g/mol. The number of carbonyl (C=O) groups excluding carboxylic acids is 1. The summed E-state index contributed by atoms with van der Waals surface area (Å²) in [5.74, 6) is 0.0690. The number of aromatic nitrogens is 4. The molecule has 3 heterocycles. The highest BCUT2D eigenvalue weighted by Crippen LogP contribution is 2.26. The van der Waals surface area contributed by atoms with Crippen molar-refractivity contribution >= 4 is 44.5 Å². The Labute approximate surface area is 176 Å². The Hall–Kier alpha value is -2.24. The van der Waals surface area contributed by atoms with Gasteiger partial charge in [0.15, 0.2) is 9.84 Å². The molecule has 0 N–H and O–H groups in total. The summed E-state index contributed by atoms with van der Waals surface area (Å²) in [6.07, 6.45) is 0.448. The monoisotopic (exact) mass is 449 g/mol. The van der Waals surface area contributed by atoms with E-state index in [4.69, 9.17) is 0 Å². The maximum absolute atomic E-state index is 13.1. The number of hydrogen-bond donors (Lipinski definition) is 0. The minimum absolute atomic E-state index is 0.00554. The van der Waals surface area contributed by atoms with Crippen LogP contribution in [0.1, 0.15) is 11.3 Å². The highest BCUT2D eigenvalue weighted by molar-refractivity contribution is 7.99. The van der Waals surface area contributed by atoms with Gasteiger partial charge in [-0.2, -0.15) is 0 Å². The first kappa shape index (κ1) is 20.0. The van der Waals surface area contributed by atoms with Crippen LogP contribution in [0.2, 0.25) is 0 Å². The number of para-hydroxylation sites is 1. The van der Waals surface area contributed by atoms with Crippen LogP contribution >= 0.6 is 23.1 Å². The lowest BCUT2D eigenvalue weighted by atomic mass is 10.2. The number of sulfone groups is 1. The van der Waals surface area contributed by atoms with E-state index < -0.39 is 9.84 Å². The summed E-state index contributed by atoms with van der Waals surface area (Å²) in [6.45, 7) is 0.546. The molecule has 0 bridgehead atoms. The number of benzene rings is 1. The molecule has 0 spiro atoms. The van der Waals surface area contributed by atoms with Crippen molar-refractivity contribution in [2.24, 2.45) is 0 Å². The fraction of sp³-hybridized carbons (Fsp3) is 0.333. The summed E-state index contributed by atoms with van der Waals surface area (Å²) in [5, 5.41) is 14.3. The van der Waals surface area contributed by atoms with Gasteiger partial charge in [-0.25, -0.2) is 13.1 Å². The predicted octanol–water partition coefficient (Wildman–Crippen LogP) is 2.10. The third-order valence-electron chi connectivity index (χ3n) is 4.59. The van der Waals surface area contributed by atoms with Gasteiger partial charge in [-0.15, -0.1) is 16.4 Å². The van der Waals surface area contributed by atoms with Gasteiger partial charge in [-0.05, 0) is 40.4 Å². The van der Waals surface area contributed by atoms with Gasteiger partial charge in [0.05, 0.1) is 29.8 Å². The minimum atomic E-state index is -3.11. The van der Waals surface area contributed by atoms with E-state index in [1.54, 1.807) is 20.9 Å². The number of thiophene rings is 1. The molecule has 1 aliphatic rings. The molecule has 0 unspecified atom stereocenters. The van der Waals surface area contributed by atoms with E-state index in [1.807, 2.05) is 47.8 Å². The Balaban J connectivity index is 1.48. The standard InChI is InChI=1S/C18H19N5O3S3/c24-17(12-28-18-19-20-21-22(18)11-16-7-4-9-27-16)23(14-5-2-1-3-6-14)15-8-10-29(25,26)13-15/h1-7,9,15H,8,10-13H2/t15-/m1/s1. The third kappa shape index (κ3) is 4.85. The molecule has 1 aliphatic heterocycles. The number of nitrogens with zero attached hydrogens (tertiary/aromatic N) is 5. The summed E-state index contributed by atoms with van der Waals surface area (Å²) in [5.41, 5.74) is 0.707. The van der Waals surface area contributed by atoms with Crippen LogP contribution in [-0.4, -0.2) is 57.8 Å². The second-order valence-electron chi connectivity index (χ2n) is 6.64. The van der Waals surface area contributed by atoms with Crippen LogP contribution in [0.25, 0.3) is 0 Å². The van der Waals surface area contributed by atoms with E-state index in [9.17, 15) is 13.2 Å². The van der Waals surface area contributed by atoms with Gasteiger partial charge in [0, 0.05) is 10.6 Å². The fourth-order valence-corrected chi connectivity index (χ4v) is 6.39. The Kier molecular flexibility index (Phi) is 5.97. The van der Waals surface area contributed by atoms with E-state index in [-0.39, 0.29) is 29.2 Å². The summed E-state index contributed by atoms with van der Waals surface area (Å²) in [7, 11) is -3.11. The largest absolute Gasteiger partial charge is 0.308 e. The topological polar surface area (TPSA) is 98.1 Å². The van der Waals surface area contributed by atoms with Gasteiger partial charge in [-0.3, -0.25) is 4.79 Å². The molecule has 1 aromatic carbocycles. The molecular formula is C18H19N5O3S3. The molecule has 1 atom stereocenters. The van der Waals surface area contributed by atoms with Gasteiger partial charge in [0.1, 0.15) is 0 Å². The Morgan fingerprint density at radius 2 is 2.07 bits per heavy atom. The van der Waals surface area contributed by atoms with Crippen molar-refractivity contribution in [3.8, 4) is 0 Å². The molecule has 152 valence electrons. The molecule has 1 saturated heterocycles. The molecule has 2 aromatic heterocycles. The molecule has 8 nitrogen and oxygen atoms in total. The van der Waals surface area contributed by atoms with Crippen LogP contribution in [0, 0.1) is 0 Å². The van der Waals surface area contributed by atoms with E-state index in [0.29, 0.717) is 23.8 Å². The molecule has 1 fully saturated rings. The number of carbonyl (C=O) groups is 1. The second-order valence-corrected chi connectivity index (χ2v) is 10.8. The number of hydrogen-bond acceptors (Lipinski definition) is 8. The van der Waals surface area contributed by atoms with Crippen LogP contribution < -0.4 is 4.90 Å². The lowest BCUT2D eigenvalue weighted by Crippen LogP contribution is -2.42. The summed E-state index contributed by atoms with van der Waals surface area (Å²) >= 11 is 2.87. The second kappa shape index (κ2) is 8.64. The van der Waals surface area contributed by atoms with E-state index in [2.05, 4.69) is 15.5 Å². The number of amides is 1. The number of tetrazole rings is 1. The van der Waals surface area contributed by atoms with Gasteiger partial charge in [0.25, 0.3) is 0 Å². The molecular weight excluding hydrogens is 430 g/mol. The molecule has 3 aromatic rings. The van der Waals surface area contributed by atoms with Gasteiger partial charge < -0.3 is 4.90 Å². The zero-order valence-electron chi connectivity index (χ0n) is 15.4. The molecule has 29 heavy (non-hydrogen) atoms. The van der Waals surface area contributed by atoms with Crippen molar-refractivity contribution in [2.45, 2.75) is 24.2 Å². The SMILES string of the molecule is O=C(CSc1nnnn1Cc1cccs1)N(c1ccccc1)[C@@H]1CCS(=O)(=O)C1. The summed E-state index contributed by atoms with van der Waals surface area (Å²) in [4.78, 5) is 15.8. The number of thioether (sulfide) groups is 1. The first-order valence-electron chi connectivity index (χ1n) is 9.01. The van der Waals surface area contributed by atoms with Crippen molar-refractivity contribution in [1.29, 1.82) is 0 Å². The van der Waals surface area contributed by atoms with Gasteiger partial charge in [-0.1, -0.05) is 36.0 Å². The van der Waals surface area contributed by atoms with Gasteiger partial charge in [0.2, 0.25) is 11.1 Å². The van der Waals surface area contributed by atoms with Crippen LogP contribution in [0.4, 0.5) is 5.69 Å². The molecule has 0 radical (unpaired) electrons. The average Bonchev–Trinajstić information content (AvgIpc) is 3.44. The first-order chi connectivity index (χ1) is 14.0. The highest BCUT2D eigenvalue weighted by atomic mass is 32.2. The van der Waals surface area contributed by atoms with Crippen LogP contribution in [0.15, 0.2) is 53.0 Å². The van der Waals surface area contributed by atoms with E-state index in [1.165, 1.54) is 11.8 Å². The predicted molar refractivity (Wildman–Crippen MR) is 113 cm³/mol. The number of rotatable bonds is 7. The maximum Gasteiger partial charge on any atom is 0.237 e. The zero-order chi connectivity index (χ0) is 20.3. The maximum atomic E-state index is 13.1. The van der Waals surface area contributed by atoms with E-state index in [0.717, 1.165) is 4.88 Å². The smallest absolute Gasteiger partial charge is 0.237 e. The third-order valence-corrected chi connectivity index (χ3v) is 8.14. The van der Waals surface area contributed by atoms with Crippen molar-refractivity contribution in [1.82, 2.24) is 20.2 Å². The Morgan fingerprint density at radius 3 is 2.76 bits per heavy atom. The highest BCUT2D eigenvalue weighted by Gasteiger charge is 2.35. The van der Waals surface area contributed by atoms with Crippen molar-refractivity contribution in [3.05, 3.63) is 52.7 Å². The Bertz CT molecular complexity index is 1070. The molecule has 4 rings (SSSR count). The van der Waals surface area contributed by atoms with Crippen LogP contribution in [-0.2, 0) is 21.2 Å². The van der Waals surface area contributed by atoms with E-state index >= 15 is 0 Å². The quantitative estimate of drug-likeness (QED) is 0.510. The Morgan fingerprint density at radius 1 is 1.24 bits per heavy atom. The molecule has 1 amide bonds. The molecule has 0 aliphatic carbocycles.